The monoisotopic (exact) mass is 256 g/mol. The summed E-state index contributed by atoms with van der Waals surface area (Å²) in [6.07, 6.45) is 1.15. The van der Waals surface area contributed by atoms with Crippen LogP contribution in [0.25, 0.3) is 0 Å². The van der Waals surface area contributed by atoms with Crippen LogP contribution < -0.4 is 10.6 Å². The number of aryl methyl sites for hydroxylation is 1. The third kappa shape index (κ3) is 3.48. The Morgan fingerprint density at radius 3 is 3.25 bits per heavy atom. The first-order valence-corrected chi connectivity index (χ1v) is 8.00. The summed E-state index contributed by atoms with van der Waals surface area (Å²) in [7, 11) is 0. The maximum absolute atomic E-state index is 3.57. The summed E-state index contributed by atoms with van der Waals surface area (Å²) >= 11 is 3.93. The van der Waals surface area contributed by atoms with Gasteiger partial charge in [-0.1, -0.05) is 6.92 Å². The van der Waals surface area contributed by atoms with Crippen LogP contribution in [0.2, 0.25) is 0 Å². The van der Waals surface area contributed by atoms with Crippen LogP contribution in [-0.2, 0) is 13.0 Å². The Hall–Kier alpha value is -0.0300. The first kappa shape index (κ1) is 12.4. The summed E-state index contributed by atoms with van der Waals surface area (Å²) in [5, 5.41) is 9.31. The largest absolute Gasteiger partial charge is 0.311 e. The minimum Gasteiger partial charge on any atom is -0.311 e. The standard InChI is InChI=1S/C12H20N2S2/c1-2-10-3-5-16-12(10)8-13-7-11-9-15-6-4-14-11/h3,5,11,13-14H,2,4,6-9H2,1H3. The quantitative estimate of drug-likeness (QED) is 0.844. The van der Waals surface area contributed by atoms with Gasteiger partial charge in [0.25, 0.3) is 0 Å². The Morgan fingerprint density at radius 1 is 1.56 bits per heavy atom. The van der Waals surface area contributed by atoms with Crippen molar-refractivity contribution in [2.24, 2.45) is 0 Å². The van der Waals surface area contributed by atoms with Gasteiger partial charge in [0.2, 0.25) is 0 Å². The second kappa shape index (κ2) is 6.64. The fourth-order valence-corrected chi connectivity index (χ4v) is 3.84. The topological polar surface area (TPSA) is 24.1 Å². The van der Waals surface area contributed by atoms with Gasteiger partial charge in [0.05, 0.1) is 0 Å². The second-order valence-corrected chi connectivity index (χ2v) is 6.23. The van der Waals surface area contributed by atoms with E-state index in [1.165, 1.54) is 21.9 Å². The van der Waals surface area contributed by atoms with Gasteiger partial charge in [-0.25, -0.2) is 0 Å². The first-order valence-electron chi connectivity index (χ1n) is 5.97. The average Bonchev–Trinajstić information content (AvgIpc) is 2.78. The predicted octanol–water partition coefficient (Wildman–Crippen LogP) is 2.11. The summed E-state index contributed by atoms with van der Waals surface area (Å²) in [5.74, 6) is 2.51. The first-order chi connectivity index (χ1) is 7.90. The Morgan fingerprint density at radius 2 is 2.50 bits per heavy atom. The molecule has 1 unspecified atom stereocenters. The molecule has 2 rings (SSSR count). The van der Waals surface area contributed by atoms with Crippen LogP contribution in [0.4, 0.5) is 0 Å². The smallest absolute Gasteiger partial charge is 0.0303 e. The van der Waals surface area contributed by atoms with Crippen molar-refractivity contribution in [2.45, 2.75) is 25.9 Å². The van der Waals surface area contributed by atoms with Gasteiger partial charge in [-0.15, -0.1) is 11.3 Å². The van der Waals surface area contributed by atoms with E-state index < -0.39 is 0 Å². The number of rotatable bonds is 5. The van der Waals surface area contributed by atoms with Crippen molar-refractivity contribution >= 4 is 23.1 Å². The molecule has 2 N–H and O–H groups in total. The van der Waals surface area contributed by atoms with Gasteiger partial charge in [0, 0.05) is 42.1 Å². The van der Waals surface area contributed by atoms with Gasteiger partial charge in [0.1, 0.15) is 0 Å². The van der Waals surface area contributed by atoms with Crippen LogP contribution in [0.3, 0.4) is 0 Å². The number of thioether (sulfide) groups is 1. The molecule has 0 radical (unpaired) electrons. The van der Waals surface area contributed by atoms with Gasteiger partial charge in [0.15, 0.2) is 0 Å². The Bertz CT molecular complexity index is 306. The van der Waals surface area contributed by atoms with E-state index in [9.17, 15) is 0 Å². The highest BCUT2D eigenvalue weighted by Crippen LogP contribution is 2.17. The fourth-order valence-electron chi connectivity index (χ4n) is 1.95. The van der Waals surface area contributed by atoms with Gasteiger partial charge in [-0.2, -0.15) is 11.8 Å². The van der Waals surface area contributed by atoms with E-state index in [0.29, 0.717) is 6.04 Å². The third-order valence-corrected chi connectivity index (χ3v) is 4.99. The highest BCUT2D eigenvalue weighted by Gasteiger charge is 2.12. The lowest BCUT2D eigenvalue weighted by atomic mass is 10.2. The summed E-state index contributed by atoms with van der Waals surface area (Å²) in [5.41, 5.74) is 1.50. The van der Waals surface area contributed by atoms with Crippen molar-refractivity contribution in [3.05, 3.63) is 21.9 Å². The molecular weight excluding hydrogens is 236 g/mol. The molecule has 1 fully saturated rings. The number of hydrogen-bond donors (Lipinski definition) is 2. The van der Waals surface area contributed by atoms with Gasteiger partial charge >= 0.3 is 0 Å². The van der Waals surface area contributed by atoms with E-state index in [4.69, 9.17) is 0 Å². The van der Waals surface area contributed by atoms with E-state index >= 15 is 0 Å². The minimum absolute atomic E-state index is 0.656. The van der Waals surface area contributed by atoms with Crippen LogP contribution in [0.5, 0.6) is 0 Å². The van der Waals surface area contributed by atoms with Crippen molar-refractivity contribution in [1.29, 1.82) is 0 Å². The molecule has 0 saturated carbocycles. The molecule has 1 aromatic heterocycles. The lowest BCUT2D eigenvalue weighted by Gasteiger charge is -2.23. The molecule has 0 amide bonds. The van der Waals surface area contributed by atoms with Crippen LogP contribution in [0.1, 0.15) is 17.4 Å². The zero-order valence-corrected chi connectivity index (χ0v) is 11.4. The van der Waals surface area contributed by atoms with Gasteiger partial charge in [-0.05, 0) is 23.4 Å². The maximum atomic E-state index is 3.57. The molecule has 1 aromatic rings. The molecule has 1 atom stereocenters. The van der Waals surface area contributed by atoms with Crippen LogP contribution >= 0.6 is 23.1 Å². The predicted molar refractivity (Wildman–Crippen MR) is 74.5 cm³/mol. The molecule has 2 heterocycles. The van der Waals surface area contributed by atoms with Crippen LogP contribution in [0, 0.1) is 0 Å². The van der Waals surface area contributed by atoms with Crippen LogP contribution in [0.15, 0.2) is 11.4 Å². The van der Waals surface area contributed by atoms with E-state index in [2.05, 4.69) is 40.8 Å². The zero-order chi connectivity index (χ0) is 11.2. The summed E-state index contributed by atoms with van der Waals surface area (Å²) < 4.78 is 0. The SMILES string of the molecule is CCc1ccsc1CNCC1CSCCN1. The minimum atomic E-state index is 0.656. The number of nitrogens with one attached hydrogen (secondary N) is 2. The highest BCUT2D eigenvalue weighted by atomic mass is 32.2. The zero-order valence-electron chi connectivity index (χ0n) is 9.79. The van der Waals surface area contributed by atoms with E-state index in [1.807, 2.05) is 11.3 Å². The Balaban J connectivity index is 1.71. The normalized spacial score (nSPS) is 21.2. The molecule has 1 saturated heterocycles. The maximum Gasteiger partial charge on any atom is 0.0303 e. The van der Waals surface area contributed by atoms with Crippen molar-refractivity contribution < 1.29 is 0 Å². The molecule has 0 aliphatic carbocycles. The fraction of sp³-hybridized carbons (Fsp3) is 0.667. The molecule has 4 heteroatoms. The molecule has 1 aliphatic heterocycles. The second-order valence-electron chi connectivity index (χ2n) is 4.08. The Kier molecular flexibility index (Phi) is 5.16. The highest BCUT2D eigenvalue weighted by molar-refractivity contribution is 7.99. The molecule has 90 valence electrons. The Labute approximate surface area is 106 Å². The average molecular weight is 256 g/mol. The van der Waals surface area contributed by atoms with Gasteiger partial charge in [-0.3, -0.25) is 0 Å². The number of thiophene rings is 1. The summed E-state index contributed by atoms with van der Waals surface area (Å²) in [4.78, 5) is 1.51. The van der Waals surface area contributed by atoms with Crippen molar-refractivity contribution in [1.82, 2.24) is 10.6 Å². The van der Waals surface area contributed by atoms with E-state index in [1.54, 1.807) is 0 Å². The lowest BCUT2D eigenvalue weighted by molar-refractivity contribution is 0.514. The molecular formula is C12H20N2S2. The molecule has 0 bridgehead atoms. The molecule has 16 heavy (non-hydrogen) atoms. The molecule has 2 nitrogen and oxygen atoms in total. The van der Waals surface area contributed by atoms with Crippen molar-refractivity contribution in [3.8, 4) is 0 Å². The molecule has 0 aromatic carbocycles. The summed E-state index contributed by atoms with van der Waals surface area (Å²) in [6.45, 7) is 5.51. The lowest BCUT2D eigenvalue weighted by Crippen LogP contribution is -2.44. The molecule has 0 spiro atoms. The third-order valence-electron chi connectivity index (χ3n) is 2.89. The van der Waals surface area contributed by atoms with Crippen LogP contribution in [-0.4, -0.2) is 30.6 Å². The molecule has 1 aliphatic rings. The van der Waals surface area contributed by atoms with Gasteiger partial charge < -0.3 is 10.6 Å². The van der Waals surface area contributed by atoms with E-state index in [0.717, 1.165) is 26.1 Å². The van der Waals surface area contributed by atoms with E-state index in [-0.39, 0.29) is 0 Å². The number of hydrogen-bond acceptors (Lipinski definition) is 4. The van der Waals surface area contributed by atoms with Crippen molar-refractivity contribution in [2.75, 3.05) is 24.6 Å². The summed E-state index contributed by atoms with van der Waals surface area (Å²) in [6, 6.07) is 2.90. The van der Waals surface area contributed by atoms with Crippen molar-refractivity contribution in [3.63, 3.8) is 0 Å².